The van der Waals surface area contributed by atoms with Gasteiger partial charge in [-0.15, -0.1) is 0 Å². The topological polar surface area (TPSA) is 33.6 Å². The number of hydrogen-bond donors (Lipinski definition) is 1. The van der Waals surface area contributed by atoms with E-state index in [4.69, 9.17) is 23.8 Å². The first-order valence-corrected chi connectivity index (χ1v) is 6.28. The van der Waals surface area contributed by atoms with Crippen molar-refractivity contribution in [2.24, 2.45) is 0 Å². The molecule has 0 atom stereocenters. The Morgan fingerprint density at radius 2 is 2.11 bits per heavy atom. The van der Waals surface area contributed by atoms with E-state index in [1.807, 2.05) is 48.0 Å². The highest BCUT2D eigenvalue weighted by Gasteiger charge is 2.10. The van der Waals surface area contributed by atoms with Gasteiger partial charge in [0, 0.05) is 6.20 Å². The third kappa shape index (κ3) is 1.74. The van der Waals surface area contributed by atoms with Crippen molar-refractivity contribution in [1.82, 2.24) is 14.5 Å². The Morgan fingerprint density at radius 3 is 2.89 bits per heavy atom. The van der Waals surface area contributed by atoms with E-state index in [-0.39, 0.29) is 0 Å². The first kappa shape index (κ1) is 11.4. The van der Waals surface area contributed by atoms with Crippen LogP contribution in [0.2, 0.25) is 5.02 Å². The van der Waals surface area contributed by atoms with Gasteiger partial charge in [0.1, 0.15) is 0 Å². The highest BCUT2D eigenvalue weighted by Crippen LogP contribution is 2.24. The molecule has 0 saturated heterocycles. The Hall–Kier alpha value is -1.65. The van der Waals surface area contributed by atoms with E-state index in [1.165, 1.54) is 0 Å². The first-order chi connectivity index (χ1) is 8.66. The van der Waals surface area contributed by atoms with Crippen LogP contribution >= 0.6 is 23.8 Å². The summed E-state index contributed by atoms with van der Waals surface area (Å²) in [6.07, 6.45) is 1.82. The van der Waals surface area contributed by atoms with Gasteiger partial charge in [0.25, 0.3) is 0 Å². The number of fused-ring (bicyclic) bond motifs is 1. The number of nitrogens with one attached hydrogen (secondary N) is 1. The number of rotatable bonds is 1. The fourth-order valence-corrected chi connectivity index (χ4v) is 2.47. The van der Waals surface area contributed by atoms with Crippen molar-refractivity contribution >= 4 is 35.0 Å². The number of benzene rings is 1. The zero-order valence-electron chi connectivity index (χ0n) is 9.64. The number of hydrogen-bond acceptors (Lipinski definition) is 2. The van der Waals surface area contributed by atoms with Gasteiger partial charge in [-0.25, -0.2) is 4.98 Å². The van der Waals surface area contributed by atoms with Crippen molar-refractivity contribution in [3.05, 3.63) is 51.9 Å². The average Bonchev–Trinajstić information content (AvgIpc) is 2.65. The van der Waals surface area contributed by atoms with Crippen LogP contribution in [0.4, 0.5) is 0 Å². The van der Waals surface area contributed by atoms with E-state index in [1.54, 1.807) is 0 Å². The quantitative estimate of drug-likeness (QED) is 0.680. The standard InChI is InChI=1S/C13H10ClN3S/c1-8-6-10-12(15-7-8)17(13(18)16-10)11-5-3-2-4-9(11)14/h2-7H,1H3,(H,16,18). The van der Waals surface area contributed by atoms with Gasteiger partial charge in [0.15, 0.2) is 10.4 Å². The Morgan fingerprint density at radius 1 is 1.33 bits per heavy atom. The first-order valence-electron chi connectivity index (χ1n) is 5.49. The summed E-state index contributed by atoms with van der Waals surface area (Å²) in [5.41, 5.74) is 3.63. The Balaban J connectivity index is 2.40. The molecule has 90 valence electrons. The van der Waals surface area contributed by atoms with Crippen molar-refractivity contribution in [3.63, 3.8) is 0 Å². The molecule has 3 rings (SSSR count). The maximum atomic E-state index is 6.21. The molecule has 0 saturated carbocycles. The van der Waals surface area contributed by atoms with Crippen molar-refractivity contribution in [2.45, 2.75) is 6.92 Å². The van der Waals surface area contributed by atoms with Gasteiger partial charge >= 0.3 is 0 Å². The van der Waals surface area contributed by atoms with Crippen molar-refractivity contribution < 1.29 is 0 Å². The highest BCUT2D eigenvalue weighted by molar-refractivity contribution is 7.71. The number of halogens is 1. The fourth-order valence-electron chi connectivity index (χ4n) is 1.96. The zero-order valence-corrected chi connectivity index (χ0v) is 11.2. The predicted octanol–water partition coefficient (Wildman–Crippen LogP) is 4.04. The maximum Gasteiger partial charge on any atom is 0.184 e. The van der Waals surface area contributed by atoms with Gasteiger partial charge in [-0.3, -0.25) is 4.57 Å². The molecular weight excluding hydrogens is 266 g/mol. The van der Waals surface area contributed by atoms with Crippen LogP contribution in [0, 0.1) is 11.7 Å². The molecule has 0 bridgehead atoms. The molecule has 3 aromatic rings. The van der Waals surface area contributed by atoms with Gasteiger partial charge in [0.2, 0.25) is 0 Å². The second kappa shape index (κ2) is 4.23. The van der Waals surface area contributed by atoms with Crippen LogP contribution in [0.15, 0.2) is 36.5 Å². The summed E-state index contributed by atoms with van der Waals surface area (Å²) in [5, 5.41) is 0.650. The van der Waals surface area contributed by atoms with Crippen molar-refractivity contribution in [1.29, 1.82) is 0 Å². The van der Waals surface area contributed by atoms with Crippen LogP contribution in [0.3, 0.4) is 0 Å². The van der Waals surface area contributed by atoms with Crippen LogP contribution in [0.1, 0.15) is 5.56 Å². The maximum absolute atomic E-state index is 6.21. The molecule has 0 aliphatic carbocycles. The molecule has 0 spiro atoms. The van der Waals surface area contributed by atoms with E-state index in [2.05, 4.69) is 9.97 Å². The third-order valence-electron chi connectivity index (χ3n) is 2.75. The van der Waals surface area contributed by atoms with E-state index < -0.39 is 0 Å². The molecule has 18 heavy (non-hydrogen) atoms. The molecule has 0 fully saturated rings. The number of aryl methyl sites for hydroxylation is 1. The zero-order chi connectivity index (χ0) is 12.7. The van der Waals surface area contributed by atoms with Crippen LogP contribution < -0.4 is 0 Å². The molecule has 0 aliphatic heterocycles. The monoisotopic (exact) mass is 275 g/mol. The number of imidazole rings is 1. The second-order valence-electron chi connectivity index (χ2n) is 4.10. The van der Waals surface area contributed by atoms with E-state index in [0.29, 0.717) is 9.79 Å². The van der Waals surface area contributed by atoms with Gasteiger partial charge in [0.05, 0.1) is 16.2 Å². The third-order valence-corrected chi connectivity index (χ3v) is 3.36. The van der Waals surface area contributed by atoms with E-state index in [9.17, 15) is 0 Å². The summed E-state index contributed by atoms with van der Waals surface area (Å²) in [4.78, 5) is 7.58. The lowest BCUT2D eigenvalue weighted by Gasteiger charge is -2.05. The largest absolute Gasteiger partial charge is 0.329 e. The van der Waals surface area contributed by atoms with Crippen LogP contribution in [0.5, 0.6) is 0 Å². The molecule has 0 radical (unpaired) electrons. The number of aromatic amines is 1. The van der Waals surface area contributed by atoms with Crippen LogP contribution in [-0.4, -0.2) is 14.5 Å². The number of nitrogens with zero attached hydrogens (tertiary/aromatic N) is 2. The Kier molecular flexibility index (Phi) is 2.69. The Labute approximate surface area is 114 Å². The molecule has 3 nitrogen and oxygen atoms in total. The van der Waals surface area contributed by atoms with Crippen LogP contribution in [0.25, 0.3) is 16.9 Å². The number of para-hydroxylation sites is 1. The SMILES string of the molecule is Cc1cnc2c(c1)[nH]c(=S)n2-c1ccccc1Cl. The minimum Gasteiger partial charge on any atom is -0.329 e. The summed E-state index contributed by atoms with van der Waals surface area (Å²) in [6, 6.07) is 9.60. The molecule has 0 unspecified atom stereocenters. The van der Waals surface area contributed by atoms with Crippen molar-refractivity contribution in [2.75, 3.05) is 0 Å². The molecular formula is C13H10ClN3S. The smallest absolute Gasteiger partial charge is 0.184 e. The molecule has 0 amide bonds. The number of H-pyrrole nitrogens is 1. The minimum atomic E-state index is 0.594. The summed E-state index contributed by atoms with van der Waals surface area (Å²) in [5.74, 6) is 0. The minimum absolute atomic E-state index is 0.594. The number of pyridine rings is 1. The van der Waals surface area contributed by atoms with Gasteiger partial charge in [-0.1, -0.05) is 23.7 Å². The number of aromatic nitrogens is 3. The van der Waals surface area contributed by atoms with E-state index in [0.717, 1.165) is 22.4 Å². The predicted molar refractivity (Wildman–Crippen MR) is 76.0 cm³/mol. The fraction of sp³-hybridized carbons (Fsp3) is 0.0769. The Bertz CT molecular complexity index is 788. The molecule has 2 heterocycles. The van der Waals surface area contributed by atoms with Gasteiger partial charge in [-0.05, 0) is 42.9 Å². The second-order valence-corrected chi connectivity index (χ2v) is 4.89. The molecule has 0 aliphatic rings. The lowest BCUT2D eigenvalue weighted by atomic mass is 10.3. The molecule has 1 N–H and O–H groups in total. The lowest BCUT2D eigenvalue weighted by molar-refractivity contribution is 1.04. The molecule has 1 aromatic carbocycles. The lowest BCUT2D eigenvalue weighted by Crippen LogP contribution is -1.96. The van der Waals surface area contributed by atoms with Gasteiger partial charge in [-0.2, -0.15) is 0 Å². The summed E-state index contributed by atoms with van der Waals surface area (Å²) < 4.78 is 2.45. The molecule has 5 heteroatoms. The average molecular weight is 276 g/mol. The normalized spacial score (nSPS) is 11.0. The van der Waals surface area contributed by atoms with E-state index >= 15 is 0 Å². The summed E-state index contributed by atoms with van der Waals surface area (Å²) >= 11 is 11.6. The van der Waals surface area contributed by atoms with Crippen LogP contribution in [-0.2, 0) is 0 Å². The summed E-state index contributed by atoms with van der Waals surface area (Å²) in [6.45, 7) is 2.00. The van der Waals surface area contributed by atoms with Gasteiger partial charge < -0.3 is 4.98 Å². The summed E-state index contributed by atoms with van der Waals surface area (Å²) in [7, 11) is 0. The highest BCUT2D eigenvalue weighted by atomic mass is 35.5. The molecule has 2 aromatic heterocycles. The van der Waals surface area contributed by atoms with Crippen molar-refractivity contribution in [3.8, 4) is 5.69 Å².